The lowest BCUT2D eigenvalue weighted by Gasteiger charge is -2.21. The molecule has 1 aromatic heterocycles. The Hall–Kier alpha value is -2.43. The van der Waals surface area contributed by atoms with Gasteiger partial charge in [0.05, 0.1) is 5.69 Å². The molecule has 0 spiro atoms. The Bertz CT molecular complexity index is 594. The number of anilines is 2. The predicted octanol–water partition coefficient (Wildman–Crippen LogP) is 2.09. The fraction of sp³-hybridized carbons (Fsp3) is 0.214. The maximum absolute atomic E-state index is 7.63. The second-order valence-electron chi connectivity index (χ2n) is 4.21. The first-order valence-corrected chi connectivity index (χ1v) is 6.11. The molecule has 0 unspecified atom stereocenters. The fourth-order valence-electron chi connectivity index (χ4n) is 1.88. The van der Waals surface area contributed by atoms with Crippen LogP contribution in [0.25, 0.3) is 0 Å². The third kappa shape index (κ3) is 2.70. The molecule has 2 aromatic rings. The Morgan fingerprint density at radius 2 is 2.05 bits per heavy atom. The van der Waals surface area contributed by atoms with Crippen LogP contribution >= 0.6 is 0 Å². The summed E-state index contributed by atoms with van der Waals surface area (Å²) in [6.07, 6.45) is 2.42. The van der Waals surface area contributed by atoms with Crippen molar-refractivity contribution < 1.29 is 0 Å². The molecule has 1 aromatic carbocycles. The van der Waals surface area contributed by atoms with E-state index in [-0.39, 0.29) is 5.84 Å². The van der Waals surface area contributed by atoms with Gasteiger partial charge in [-0.05, 0) is 18.6 Å². The second-order valence-corrected chi connectivity index (χ2v) is 4.21. The molecule has 0 saturated heterocycles. The summed E-state index contributed by atoms with van der Waals surface area (Å²) in [7, 11) is 1.91. The third-order valence-electron chi connectivity index (χ3n) is 2.97. The van der Waals surface area contributed by atoms with Crippen molar-refractivity contribution in [1.29, 1.82) is 5.41 Å². The minimum atomic E-state index is 0.0484. The molecule has 0 aliphatic rings. The number of para-hydroxylation sites is 1. The normalized spacial score (nSPS) is 10.2. The van der Waals surface area contributed by atoms with E-state index >= 15 is 0 Å². The molecule has 0 atom stereocenters. The van der Waals surface area contributed by atoms with Crippen molar-refractivity contribution in [3.05, 3.63) is 47.9 Å². The van der Waals surface area contributed by atoms with Gasteiger partial charge in [0, 0.05) is 24.4 Å². The topological polar surface area (TPSA) is 78.9 Å². The van der Waals surface area contributed by atoms with Gasteiger partial charge < -0.3 is 10.6 Å². The van der Waals surface area contributed by atoms with E-state index in [1.54, 1.807) is 6.33 Å². The Balaban J connectivity index is 2.43. The van der Waals surface area contributed by atoms with Crippen LogP contribution in [-0.2, 0) is 6.42 Å². The number of hydrogen-bond acceptors (Lipinski definition) is 4. The van der Waals surface area contributed by atoms with E-state index in [0.29, 0.717) is 5.56 Å². The number of benzene rings is 1. The summed E-state index contributed by atoms with van der Waals surface area (Å²) < 4.78 is 0. The third-order valence-corrected chi connectivity index (χ3v) is 2.97. The number of hydrogen-bond donors (Lipinski definition) is 2. The number of nitrogens with two attached hydrogens (primary N) is 1. The van der Waals surface area contributed by atoms with Crippen LogP contribution in [0.1, 0.15) is 18.2 Å². The minimum Gasteiger partial charge on any atom is -0.384 e. The van der Waals surface area contributed by atoms with E-state index in [1.807, 2.05) is 42.3 Å². The van der Waals surface area contributed by atoms with Crippen LogP contribution in [0, 0.1) is 5.41 Å². The molecule has 3 N–H and O–H groups in total. The standard InChI is InChI=1S/C14H17N5/c1-3-10-8-13(18-9-17-10)19(2)12-7-5-4-6-11(12)14(15)16/h4-9H,3H2,1-2H3,(H3,15,16). The number of aromatic nitrogens is 2. The molecule has 0 amide bonds. The van der Waals surface area contributed by atoms with Gasteiger partial charge in [0.1, 0.15) is 18.0 Å². The summed E-state index contributed by atoms with van der Waals surface area (Å²) in [5.41, 5.74) is 8.15. The molecule has 2 rings (SSSR count). The summed E-state index contributed by atoms with van der Waals surface area (Å²) in [5.74, 6) is 0.841. The van der Waals surface area contributed by atoms with Crippen molar-refractivity contribution in [3.8, 4) is 0 Å². The Labute approximate surface area is 112 Å². The first-order chi connectivity index (χ1) is 9.13. The van der Waals surface area contributed by atoms with Crippen LogP contribution in [0.3, 0.4) is 0 Å². The van der Waals surface area contributed by atoms with Crippen molar-refractivity contribution in [1.82, 2.24) is 9.97 Å². The van der Waals surface area contributed by atoms with E-state index < -0.39 is 0 Å². The van der Waals surface area contributed by atoms with Crippen molar-refractivity contribution >= 4 is 17.3 Å². The van der Waals surface area contributed by atoms with Crippen molar-refractivity contribution in [2.24, 2.45) is 5.73 Å². The minimum absolute atomic E-state index is 0.0484. The van der Waals surface area contributed by atoms with Crippen LogP contribution in [0.15, 0.2) is 36.7 Å². The van der Waals surface area contributed by atoms with Gasteiger partial charge in [0.15, 0.2) is 0 Å². The van der Waals surface area contributed by atoms with Crippen LogP contribution in [0.5, 0.6) is 0 Å². The summed E-state index contributed by atoms with van der Waals surface area (Å²) in [6.45, 7) is 2.05. The number of rotatable bonds is 4. The van der Waals surface area contributed by atoms with Gasteiger partial charge in [-0.2, -0.15) is 0 Å². The Kier molecular flexibility index (Phi) is 3.75. The van der Waals surface area contributed by atoms with Gasteiger partial charge in [-0.25, -0.2) is 9.97 Å². The fourth-order valence-corrected chi connectivity index (χ4v) is 1.88. The van der Waals surface area contributed by atoms with Gasteiger partial charge in [-0.15, -0.1) is 0 Å². The smallest absolute Gasteiger partial charge is 0.136 e. The molecule has 0 fully saturated rings. The predicted molar refractivity (Wildman–Crippen MR) is 76.9 cm³/mol. The largest absolute Gasteiger partial charge is 0.384 e. The molecule has 0 bridgehead atoms. The summed E-state index contributed by atoms with van der Waals surface area (Å²) in [5, 5.41) is 7.63. The summed E-state index contributed by atoms with van der Waals surface area (Å²) >= 11 is 0. The number of amidine groups is 1. The number of nitrogens with zero attached hydrogens (tertiary/aromatic N) is 3. The van der Waals surface area contributed by atoms with Gasteiger partial charge in [0.2, 0.25) is 0 Å². The quantitative estimate of drug-likeness (QED) is 0.647. The molecular weight excluding hydrogens is 238 g/mol. The van der Waals surface area contributed by atoms with E-state index in [0.717, 1.165) is 23.6 Å². The summed E-state index contributed by atoms with van der Waals surface area (Å²) in [6, 6.07) is 9.48. The lowest BCUT2D eigenvalue weighted by atomic mass is 10.1. The van der Waals surface area contributed by atoms with Crippen LogP contribution < -0.4 is 10.6 Å². The lowest BCUT2D eigenvalue weighted by molar-refractivity contribution is 0.979. The van der Waals surface area contributed by atoms with E-state index in [1.165, 1.54) is 0 Å². The average molecular weight is 255 g/mol. The number of aryl methyl sites for hydroxylation is 1. The molecule has 5 heteroatoms. The highest BCUT2D eigenvalue weighted by Crippen LogP contribution is 2.25. The Morgan fingerprint density at radius 1 is 1.32 bits per heavy atom. The number of nitrogens with one attached hydrogen (secondary N) is 1. The average Bonchev–Trinajstić information content (AvgIpc) is 2.46. The molecule has 1 heterocycles. The van der Waals surface area contributed by atoms with E-state index in [4.69, 9.17) is 11.1 Å². The van der Waals surface area contributed by atoms with Crippen LogP contribution in [0.4, 0.5) is 11.5 Å². The summed E-state index contributed by atoms with van der Waals surface area (Å²) in [4.78, 5) is 10.4. The second kappa shape index (κ2) is 5.48. The maximum Gasteiger partial charge on any atom is 0.136 e. The van der Waals surface area contributed by atoms with Gasteiger partial charge in [-0.3, -0.25) is 5.41 Å². The molecule has 0 saturated carbocycles. The van der Waals surface area contributed by atoms with Gasteiger partial charge in [-0.1, -0.05) is 19.1 Å². The van der Waals surface area contributed by atoms with E-state index in [9.17, 15) is 0 Å². The molecule has 0 aliphatic heterocycles. The van der Waals surface area contributed by atoms with Gasteiger partial charge >= 0.3 is 0 Å². The first kappa shape index (κ1) is 13.0. The molecule has 98 valence electrons. The van der Waals surface area contributed by atoms with Crippen LogP contribution in [-0.4, -0.2) is 22.9 Å². The van der Waals surface area contributed by atoms with Crippen molar-refractivity contribution in [3.63, 3.8) is 0 Å². The van der Waals surface area contributed by atoms with Crippen molar-refractivity contribution in [2.45, 2.75) is 13.3 Å². The SMILES string of the molecule is CCc1cc(N(C)c2ccccc2C(=N)N)ncn1. The number of nitrogen functional groups attached to an aromatic ring is 1. The van der Waals surface area contributed by atoms with Crippen molar-refractivity contribution in [2.75, 3.05) is 11.9 Å². The first-order valence-electron chi connectivity index (χ1n) is 6.11. The molecular formula is C14H17N5. The highest BCUT2D eigenvalue weighted by molar-refractivity contribution is 6.01. The zero-order valence-corrected chi connectivity index (χ0v) is 11.1. The highest BCUT2D eigenvalue weighted by atomic mass is 15.2. The van der Waals surface area contributed by atoms with E-state index in [2.05, 4.69) is 16.9 Å². The molecule has 5 nitrogen and oxygen atoms in total. The molecule has 0 aliphatic carbocycles. The lowest BCUT2D eigenvalue weighted by Crippen LogP contribution is -2.19. The molecule has 19 heavy (non-hydrogen) atoms. The molecule has 0 radical (unpaired) electrons. The van der Waals surface area contributed by atoms with Gasteiger partial charge in [0.25, 0.3) is 0 Å². The Morgan fingerprint density at radius 3 is 2.74 bits per heavy atom. The zero-order valence-electron chi connectivity index (χ0n) is 11.1. The monoisotopic (exact) mass is 255 g/mol. The van der Waals surface area contributed by atoms with Crippen LogP contribution in [0.2, 0.25) is 0 Å². The highest BCUT2D eigenvalue weighted by Gasteiger charge is 2.12. The maximum atomic E-state index is 7.63. The zero-order chi connectivity index (χ0) is 13.8.